The highest BCUT2D eigenvalue weighted by Gasteiger charge is 2.23. The molecular formula is C10H10F2N2O3. The second-order valence-corrected chi connectivity index (χ2v) is 3.30. The molecule has 5 nitrogen and oxygen atoms in total. The molecule has 0 spiro atoms. The summed E-state index contributed by atoms with van der Waals surface area (Å²) in [5.74, 6) is -3.23. The van der Waals surface area contributed by atoms with Crippen LogP contribution in [-0.2, 0) is 0 Å². The topological polar surface area (TPSA) is 72.2 Å². The molecule has 0 radical (unpaired) electrons. The summed E-state index contributed by atoms with van der Waals surface area (Å²) >= 11 is 0. The van der Waals surface area contributed by atoms with Gasteiger partial charge < -0.3 is 5.32 Å². The predicted molar refractivity (Wildman–Crippen MR) is 55.6 cm³/mol. The van der Waals surface area contributed by atoms with E-state index in [4.69, 9.17) is 0 Å². The third-order valence-electron chi connectivity index (χ3n) is 2.00. The normalized spacial score (nSPS) is 10.1. The van der Waals surface area contributed by atoms with Crippen LogP contribution in [0.1, 0.15) is 23.7 Å². The number of rotatable bonds is 4. The lowest BCUT2D eigenvalue weighted by atomic mass is 10.1. The Kier molecular flexibility index (Phi) is 4.08. The average molecular weight is 244 g/mol. The summed E-state index contributed by atoms with van der Waals surface area (Å²) in [4.78, 5) is 20.8. The molecule has 0 bridgehead atoms. The zero-order chi connectivity index (χ0) is 13.0. The fourth-order valence-corrected chi connectivity index (χ4v) is 1.21. The standard InChI is InChI=1S/C10H10F2N2O3/c1-2-3-13-10(15)7-4-6(11)5-8(9(7)12)14(16)17/h4-5H,2-3H2,1H3,(H,13,15). The van der Waals surface area contributed by atoms with E-state index < -0.39 is 33.7 Å². The van der Waals surface area contributed by atoms with E-state index in [-0.39, 0.29) is 6.54 Å². The van der Waals surface area contributed by atoms with Gasteiger partial charge in [-0.3, -0.25) is 14.9 Å². The molecule has 1 N–H and O–H groups in total. The predicted octanol–water partition coefficient (Wildman–Crippen LogP) is 2.01. The summed E-state index contributed by atoms with van der Waals surface area (Å²) in [7, 11) is 0. The lowest BCUT2D eigenvalue weighted by Gasteiger charge is -2.05. The molecule has 92 valence electrons. The number of halogens is 2. The van der Waals surface area contributed by atoms with Gasteiger partial charge in [-0.2, -0.15) is 4.39 Å². The van der Waals surface area contributed by atoms with Crippen molar-refractivity contribution in [1.29, 1.82) is 0 Å². The molecule has 17 heavy (non-hydrogen) atoms. The molecule has 0 aliphatic carbocycles. The van der Waals surface area contributed by atoms with Gasteiger partial charge in [0.25, 0.3) is 5.91 Å². The van der Waals surface area contributed by atoms with Crippen molar-refractivity contribution in [3.05, 3.63) is 39.4 Å². The Bertz CT molecular complexity index is 463. The molecule has 1 amide bonds. The van der Waals surface area contributed by atoms with Crippen molar-refractivity contribution < 1.29 is 18.5 Å². The Labute approximate surface area is 95.6 Å². The summed E-state index contributed by atoms with van der Waals surface area (Å²) < 4.78 is 26.5. The van der Waals surface area contributed by atoms with Gasteiger partial charge in [0, 0.05) is 6.54 Å². The maximum absolute atomic E-state index is 13.5. The molecule has 0 saturated carbocycles. The van der Waals surface area contributed by atoms with Gasteiger partial charge in [-0.25, -0.2) is 4.39 Å². The van der Waals surface area contributed by atoms with Crippen LogP contribution in [0.25, 0.3) is 0 Å². The monoisotopic (exact) mass is 244 g/mol. The van der Waals surface area contributed by atoms with Crippen LogP contribution in [0.4, 0.5) is 14.5 Å². The molecular weight excluding hydrogens is 234 g/mol. The van der Waals surface area contributed by atoms with Crippen LogP contribution < -0.4 is 5.32 Å². The first kappa shape index (κ1) is 13.0. The number of benzene rings is 1. The minimum absolute atomic E-state index is 0.280. The first-order valence-electron chi connectivity index (χ1n) is 4.89. The number of nitro groups is 1. The van der Waals surface area contributed by atoms with Crippen LogP contribution in [0.15, 0.2) is 12.1 Å². The number of hydrogen-bond acceptors (Lipinski definition) is 3. The van der Waals surface area contributed by atoms with Gasteiger partial charge in [0.1, 0.15) is 5.82 Å². The fourth-order valence-electron chi connectivity index (χ4n) is 1.21. The average Bonchev–Trinajstić information content (AvgIpc) is 2.28. The smallest absolute Gasteiger partial charge is 0.308 e. The van der Waals surface area contributed by atoms with Gasteiger partial charge >= 0.3 is 5.69 Å². The van der Waals surface area contributed by atoms with Crippen molar-refractivity contribution in [1.82, 2.24) is 5.32 Å². The minimum atomic E-state index is -1.33. The number of nitrogens with one attached hydrogen (secondary N) is 1. The summed E-state index contributed by atoms with van der Waals surface area (Å²) in [5.41, 5.74) is -1.71. The van der Waals surface area contributed by atoms with Crippen LogP contribution in [-0.4, -0.2) is 17.4 Å². The highest BCUT2D eigenvalue weighted by atomic mass is 19.1. The first-order valence-corrected chi connectivity index (χ1v) is 4.89. The van der Waals surface area contributed by atoms with Gasteiger partial charge in [-0.1, -0.05) is 6.92 Å². The van der Waals surface area contributed by atoms with Crippen molar-refractivity contribution in [2.45, 2.75) is 13.3 Å². The van der Waals surface area contributed by atoms with E-state index in [0.717, 1.165) is 0 Å². The molecule has 7 heteroatoms. The van der Waals surface area contributed by atoms with Crippen LogP contribution in [0.2, 0.25) is 0 Å². The molecule has 0 saturated heterocycles. The fraction of sp³-hybridized carbons (Fsp3) is 0.300. The molecule has 0 aromatic heterocycles. The van der Waals surface area contributed by atoms with Crippen molar-refractivity contribution in [2.24, 2.45) is 0 Å². The maximum atomic E-state index is 13.5. The molecule has 0 aliphatic rings. The van der Waals surface area contributed by atoms with Gasteiger partial charge in [0.05, 0.1) is 16.6 Å². The minimum Gasteiger partial charge on any atom is -0.352 e. The Morgan fingerprint density at radius 3 is 2.65 bits per heavy atom. The van der Waals surface area contributed by atoms with Crippen LogP contribution >= 0.6 is 0 Å². The number of nitro benzene ring substituents is 1. The van der Waals surface area contributed by atoms with E-state index in [1.54, 1.807) is 6.92 Å². The van der Waals surface area contributed by atoms with Crippen molar-refractivity contribution >= 4 is 11.6 Å². The van der Waals surface area contributed by atoms with Crippen LogP contribution in [0, 0.1) is 21.7 Å². The number of carbonyl (C=O) groups is 1. The third kappa shape index (κ3) is 2.96. The second-order valence-electron chi connectivity index (χ2n) is 3.30. The SMILES string of the molecule is CCCNC(=O)c1cc(F)cc([N+](=O)[O-])c1F. The van der Waals surface area contributed by atoms with E-state index in [2.05, 4.69) is 5.32 Å². The highest BCUT2D eigenvalue weighted by molar-refractivity contribution is 5.95. The molecule has 1 aromatic carbocycles. The largest absolute Gasteiger partial charge is 0.352 e. The Balaban J connectivity index is 3.15. The van der Waals surface area contributed by atoms with E-state index in [1.165, 1.54) is 0 Å². The Hall–Kier alpha value is -2.05. The summed E-state index contributed by atoms with van der Waals surface area (Å²) in [5, 5.41) is 12.7. The zero-order valence-corrected chi connectivity index (χ0v) is 9.00. The van der Waals surface area contributed by atoms with Crippen LogP contribution in [0.5, 0.6) is 0 Å². The van der Waals surface area contributed by atoms with Crippen molar-refractivity contribution in [3.8, 4) is 0 Å². The lowest BCUT2D eigenvalue weighted by Crippen LogP contribution is -2.25. The highest BCUT2D eigenvalue weighted by Crippen LogP contribution is 2.22. The molecule has 0 aliphatic heterocycles. The van der Waals surface area contributed by atoms with Gasteiger partial charge in [-0.05, 0) is 12.5 Å². The third-order valence-corrected chi connectivity index (χ3v) is 2.00. The van der Waals surface area contributed by atoms with E-state index in [0.29, 0.717) is 18.6 Å². The maximum Gasteiger partial charge on any atom is 0.308 e. The van der Waals surface area contributed by atoms with E-state index in [1.807, 2.05) is 0 Å². The molecule has 0 atom stereocenters. The second kappa shape index (κ2) is 5.33. The van der Waals surface area contributed by atoms with E-state index in [9.17, 15) is 23.7 Å². The number of carbonyl (C=O) groups excluding carboxylic acids is 1. The zero-order valence-electron chi connectivity index (χ0n) is 9.00. The molecule has 0 heterocycles. The van der Waals surface area contributed by atoms with Crippen LogP contribution in [0.3, 0.4) is 0 Å². The molecule has 1 rings (SSSR count). The molecule has 0 unspecified atom stereocenters. The molecule has 1 aromatic rings. The molecule has 0 fully saturated rings. The lowest BCUT2D eigenvalue weighted by molar-refractivity contribution is -0.387. The van der Waals surface area contributed by atoms with Gasteiger partial charge in [-0.15, -0.1) is 0 Å². The number of nitrogens with zero attached hydrogens (tertiary/aromatic N) is 1. The van der Waals surface area contributed by atoms with Crippen molar-refractivity contribution in [2.75, 3.05) is 6.54 Å². The van der Waals surface area contributed by atoms with Gasteiger partial charge in [0.15, 0.2) is 0 Å². The Morgan fingerprint density at radius 2 is 2.12 bits per heavy atom. The van der Waals surface area contributed by atoms with E-state index >= 15 is 0 Å². The first-order chi connectivity index (χ1) is 7.97. The Morgan fingerprint density at radius 1 is 1.47 bits per heavy atom. The summed E-state index contributed by atoms with van der Waals surface area (Å²) in [6, 6.07) is 1.07. The summed E-state index contributed by atoms with van der Waals surface area (Å²) in [6.07, 6.45) is 0.616. The number of amides is 1. The van der Waals surface area contributed by atoms with Crippen molar-refractivity contribution in [3.63, 3.8) is 0 Å². The van der Waals surface area contributed by atoms with Gasteiger partial charge in [0.2, 0.25) is 5.82 Å². The number of hydrogen-bond donors (Lipinski definition) is 1. The quantitative estimate of drug-likeness (QED) is 0.650. The summed E-state index contributed by atoms with van der Waals surface area (Å²) in [6.45, 7) is 2.06.